The minimum absolute atomic E-state index is 0.293. The molecule has 0 fully saturated rings. The van der Waals surface area contributed by atoms with Crippen LogP contribution in [0.2, 0.25) is 0 Å². The van der Waals surface area contributed by atoms with Crippen LogP contribution in [0.3, 0.4) is 0 Å². The van der Waals surface area contributed by atoms with Crippen LogP contribution >= 0.6 is 15.9 Å². The molecule has 0 aliphatic rings. The zero-order chi connectivity index (χ0) is 15.4. The predicted octanol–water partition coefficient (Wildman–Crippen LogP) is 5.35. The summed E-state index contributed by atoms with van der Waals surface area (Å²) >= 11 is 3.07. The molecule has 2 aromatic carbocycles. The fourth-order valence-electron chi connectivity index (χ4n) is 1.97. The Labute approximate surface area is 132 Å². The van der Waals surface area contributed by atoms with E-state index in [1.807, 2.05) is 24.3 Å². The van der Waals surface area contributed by atoms with Crippen molar-refractivity contribution in [1.82, 2.24) is 0 Å². The summed E-state index contributed by atoms with van der Waals surface area (Å²) in [5, 5.41) is 2.77. The molecule has 0 aliphatic carbocycles. The molecule has 1 unspecified atom stereocenters. The standard InChI is InChI=1S/C17H17BrFNO/c1-3-11(2)12-4-7-14(8-5-12)20-17(21)13-6-9-15(18)16(19)10-13/h4-11H,3H2,1-2H3,(H,20,21). The van der Waals surface area contributed by atoms with Gasteiger partial charge in [0.25, 0.3) is 5.91 Å². The van der Waals surface area contributed by atoms with Crippen molar-refractivity contribution in [2.75, 3.05) is 5.32 Å². The second kappa shape index (κ2) is 6.85. The Hall–Kier alpha value is -1.68. The summed E-state index contributed by atoms with van der Waals surface area (Å²) in [6.45, 7) is 4.31. The number of benzene rings is 2. The first-order chi connectivity index (χ1) is 10.0. The van der Waals surface area contributed by atoms with E-state index >= 15 is 0 Å². The van der Waals surface area contributed by atoms with Crippen molar-refractivity contribution in [2.24, 2.45) is 0 Å². The van der Waals surface area contributed by atoms with E-state index in [9.17, 15) is 9.18 Å². The van der Waals surface area contributed by atoms with Crippen LogP contribution in [-0.2, 0) is 0 Å². The number of rotatable bonds is 4. The SMILES string of the molecule is CCC(C)c1ccc(NC(=O)c2ccc(Br)c(F)c2)cc1. The highest BCUT2D eigenvalue weighted by molar-refractivity contribution is 9.10. The zero-order valence-corrected chi connectivity index (χ0v) is 13.6. The maximum atomic E-state index is 13.4. The first-order valence-corrected chi connectivity index (χ1v) is 7.67. The number of halogens is 2. The molecule has 1 N–H and O–H groups in total. The van der Waals surface area contributed by atoms with Gasteiger partial charge in [-0.05, 0) is 64.2 Å². The smallest absolute Gasteiger partial charge is 0.255 e. The van der Waals surface area contributed by atoms with Gasteiger partial charge in [-0.3, -0.25) is 4.79 Å². The Morgan fingerprint density at radius 1 is 1.24 bits per heavy atom. The van der Waals surface area contributed by atoms with Gasteiger partial charge in [0.15, 0.2) is 0 Å². The van der Waals surface area contributed by atoms with E-state index in [0.29, 0.717) is 21.6 Å². The van der Waals surface area contributed by atoms with Crippen LogP contribution < -0.4 is 5.32 Å². The molecule has 2 rings (SSSR count). The van der Waals surface area contributed by atoms with Gasteiger partial charge in [-0.1, -0.05) is 26.0 Å². The van der Waals surface area contributed by atoms with Crippen molar-refractivity contribution in [3.63, 3.8) is 0 Å². The topological polar surface area (TPSA) is 29.1 Å². The summed E-state index contributed by atoms with van der Waals surface area (Å²) < 4.78 is 13.8. The first-order valence-electron chi connectivity index (χ1n) is 6.87. The molecule has 2 aromatic rings. The summed E-state index contributed by atoms with van der Waals surface area (Å²) in [5.74, 6) is -0.275. The van der Waals surface area contributed by atoms with Gasteiger partial charge in [0.2, 0.25) is 0 Å². The molecule has 0 saturated carbocycles. The number of hydrogen-bond donors (Lipinski definition) is 1. The highest BCUT2D eigenvalue weighted by Crippen LogP contribution is 2.21. The molecule has 1 atom stereocenters. The van der Waals surface area contributed by atoms with Gasteiger partial charge >= 0.3 is 0 Å². The van der Waals surface area contributed by atoms with Crippen molar-refractivity contribution >= 4 is 27.5 Å². The van der Waals surface area contributed by atoms with Crippen LogP contribution in [0.15, 0.2) is 46.9 Å². The summed E-state index contributed by atoms with van der Waals surface area (Å²) in [6, 6.07) is 12.1. The van der Waals surface area contributed by atoms with Crippen LogP contribution in [-0.4, -0.2) is 5.91 Å². The van der Waals surface area contributed by atoms with Crippen molar-refractivity contribution in [2.45, 2.75) is 26.2 Å². The highest BCUT2D eigenvalue weighted by atomic mass is 79.9. The maximum Gasteiger partial charge on any atom is 0.255 e. The van der Waals surface area contributed by atoms with Gasteiger partial charge in [0, 0.05) is 11.3 Å². The van der Waals surface area contributed by atoms with Gasteiger partial charge in [0.1, 0.15) is 5.82 Å². The van der Waals surface area contributed by atoms with E-state index in [1.54, 1.807) is 6.07 Å². The Morgan fingerprint density at radius 3 is 2.48 bits per heavy atom. The largest absolute Gasteiger partial charge is 0.322 e. The van der Waals surface area contributed by atoms with E-state index < -0.39 is 5.82 Å². The lowest BCUT2D eigenvalue weighted by Gasteiger charge is -2.10. The molecule has 110 valence electrons. The lowest BCUT2D eigenvalue weighted by atomic mass is 9.98. The Bertz CT molecular complexity index is 640. The van der Waals surface area contributed by atoms with Crippen LogP contribution in [0, 0.1) is 5.82 Å². The summed E-state index contributed by atoms with van der Waals surface area (Å²) in [7, 11) is 0. The van der Waals surface area contributed by atoms with E-state index in [0.717, 1.165) is 6.42 Å². The minimum atomic E-state index is -0.449. The van der Waals surface area contributed by atoms with E-state index in [4.69, 9.17) is 0 Å². The molecule has 0 radical (unpaired) electrons. The summed E-state index contributed by atoms with van der Waals surface area (Å²) in [6.07, 6.45) is 1.07. The summed E-state index contributed by atoms with van der Waals surface area (Å²) in [4.78, 5) is 12.1. The monoisotopic (exact) mass is 349 g/mol. The minimum Gasteiger partial charge on any atom is -0.322 e. The molecule has 0 saturated heterocycles. The lowest BCUT2D eigenvalue weighted by Crippen LogP contribution is -2.12. The predicted molar refractivity (Wildman–Crippen MR) is 87.2 cm³/mol. The number of carbonyl (C=O) groups excluding carboxylic acids is 1. The number of amides is 1. The molecule has 0 bridgehead atoms. The van der Waals surface area contributed by atoms with E-state index in [2.05, 4.69) is 35.1 Å². The Kier molecular flexibility index (Phi) is 5.12. The second-order valence-corrected chi connectivity index (χ2v) is 5.87. The van der Waals surface area contributed by atoms with Crippen LogP contribution in [0.25, 0.3) is 0 Å². The molecular weight excluding hydrogens is 333 g/mol. The van der Waals surface area contributed by atoms with Crippen LogP contribution in [0.1, 0.15) is 42.1 Å². The molecule has 0 spiro atoms. The van der Waals surface area contributed by atoms with E-state index in [1.165, 1.54) is 17.7 Å². The molecule has 0 aliphatic heterocycles. The fraction of sp³-hybridized carbons (Fsp3) is 0.235. The third-order valence-electron chi connectivity index (χ3n) is 3.53. The molecule has 0 heterocycles. The van der Waals surface area contributed by atoms with Gasteiger partial charge in [-0.2, -0.15) is 0 Å². The average molecular weight is 350 g/mol. The highest BCUT2D eigenvalue weighted by Gasteiger charge is 2.09. The molecule has 0 aromatic heterocycles. The molecule has 2 nitrogen and oxygen atoms in total. The van der Waals surface area contributed by atoms with Gasteiger partial charge in [0.05, 0.1) is 4.47 Å². The lowest BCUT2D eigenvalue weighted by molar-refractivity contribution is 0.102. The third kappa shape index (κ3) is 3.91. The fourth-order valence-corrected chi connectivity index (χ4v) is 2.22. The van der Waals surface area contributed by atoms with Crippen molar-refractivity contribution < 1.29 is 9.18 Å². The molecule has 21 heavy (non-hydrogen) atoms. The summed E-state index contributed by atoms with van der Waals surface area (Å²) in [5.41, 5.74) is 2.24. The number of carbonyl (C=O) groups is 1. The number of nitrogens with one attached hydrogen (secondary N) is 1. The number of anilines is 1. The first kappa shape index (κ1) is 15.7. The van der Waals surface area contributed by atoms with E-state index in [-0.39, 0.29) is 5.91 Å². The third-order valence-corrected chi connectivity index (χ3v) is 4.17. The zero-order valence-electron chi connectivity index (χ0n) is 12.0. The average Bonchev–Trinajstić information content (AvgIpc) is 2.50. The van der Waals surface area contributed by atoms with Crippen LogP contribution in [0.4, 0.5) is 10.1 Å². The molecule has 1 amide bonds. The van der Waals surface area contributed by atoms with Crippen LogP contribution in [0.5, 0.6) is 0 Å². The van der Waals surface area contributed by atoms with Crippen molar-refractivity contribution in [3.8, 4) is 0 Å². The van der Waals surface area contributed by atoms with Gasteiger partial charge in [-0.25, -0.2) is 4.39 Å². The van der Waals surface area contributed by atoms with Gasteiger partial charge in [-0.15, -0.1) is 0 Å². The maximum absolute atomic E-state index is 13.4. The quantitative estimate of drug-likeness (QED) is 0.791. The second-order valence-electron chi connectivity index (χ2n) is 5.01. The molecular formula is C17H17BrFNO. The normalized spacial score (nSPS) is 12.0. The molecule has 4 heteroatoms. The number of hydrogen-bond acceptors (Lipinski definition) is 1. The Morgan fingerprint density at radius 2 is 1.90 bits per heavy atom. The Balaban J connectivity index is 2.10. The van der Waals surface area contributed by atoms with Gasteiger partial charge < -0.3 is 5.32 Å². The van der Waals surface area contributed by atoms with Crippen molar-refractivity contribution in [3.05, 3.63) is 63.9 Å². The van der Waals surface area contributed by atoms with Crippen molar-refractivity contribution in [1.29, 1.82) is 0 Å².